The molecule has 0 aliphatic rings. The van der Waals surface area contributed by atoms with Crippen molar-refractivity contribution in [3.8, 4) is 0 Å². The lowest BCUT2D eigenvalue weighted by atomic mass is 10.2. The van der Waals surface area contributed by atoms with Crippen LogP contribution in [0, 0.1) is 27.2 Å². The van der Waals surface area contributed by atoms with Gasteiger partial charge in [-0.2, -0.15) is 13.2 Å². The van der Waals surface area contributed by atoms with E-state index in [9.17, 15) is 33.4 Å². The molecule has 0 atom stereocenters. The highest BCUT2D eigenvalue weighted by Crippen LogP contribution is 2.42. The van der Waals surface area contributed by atoms with Gasteiger partial charge in [0.15, 0.2) is 10.7 Å². The molecule has 0 aliphatic heterocycles. The highest BCUT2D eigenvalue weighted by molar-refractivity contribution is 6.34. The molecule has 26 heavy (non-hydrogen) atoms. The Bertz CT molecular complexity index is 908. The smallest absolute Gasteiger partial charge is 0.258 e. The number of nitro benzene ring substituents is 1. The quantitative estimate of drug-likeness (QED) is 0.521. The molecular weight excluding hydrogens is 404 g/mol. The SMILES string of the molecule is Cc1ccc(N(c2ncc(C(F)(F)F)cc2Cl)[N+](=O)[O-])c([N+](=O)[O-])c1Cl. The molecule has 0 fully saturated rings. The molecular formula is C13H7Cl2F3N4O4. The second-order valence-electron chi connectivity index (χ2n) is 4.90. The third-order valence-electron chi connectivity index (χ3n) is 3.21. The van der Waals surface area contributed by atoms with E-state index in [2.05, 4.69) is 4.98 Å². The van der Waals surface area contributed by atoms with E-state index in [0.717, 1.165) is 6.07 Å². The third-order valence-corrected chi connectivity index (χ3v) is 3.97. The number of rotatable bonds is 4. The summed E-state index contributed by atoms with van der Waals surface area (Å²) in [5.41, 5.74) is -2.37. The second kappa shape index (κ2) is 6.92. The topological polar surface area (TPSA) is 102 Å². The molecule has 0 spiro atoms. The minimum Gasteiger partial charge on any atom is -0.258 e. The normalized spacial score (nSPS) is 11.3. The molecule has 2 rings (SSSR count). The van der Waals surface area contributed by atoms with Crippen molar-refractivity contribution in [1.29, 1.82) is 0 Å². The number of pyridine rings is 1. The van der Waals surface area contributed by atoms with E-state index in [4.69, 9.17) is 23.2 Å². The maximum atomic E-state index is 12.7. The van der Waals surface area contributed by atoms with Crippen LogP contribution in [-0.4, -0.2) is 14.9 Å². The minimum absolute atomic E-state index is 0.103. The lowest BCUT2D eigenvalue weighted by Crippen LogP contribution is -2.27. The first kappa shape index (κ1) is 19.7. The zero-order chi connectivity index (χ0) is 19.8. The molecule has 0 saturated heterocycles. The van der Waals surface area contributed by atoms with Gasteiger partial charge in [-0.3, -0.25) is 10.1 Å². The van der Waals surface area contributed by atoms with Crippen molar-refractivity contribution in [1.82, 2.24) is 4.98 Å². The van der Waals surface area contributed by atoms with E-state index < -0.39 is 43.9 Å². The average Bonchev–Trinajstić information content (AvgIpc) is 2.50. The Hall–Kier alpha value is -2.66. The standard InChI is InChI=1S/C13H7Cl2F3N4O4/c1-6-2-3-9(11(10(6)15)21(23)24)20(22(25)26)12-8(14)4-7(5-19-12)13(16,17)18/h2-5H,1H3. The van der Waals surface area contributed by atoms with E-state index in [-0.39, 0.29) is 15.6 Å². The molecule has 13 heteroatoms. The van der Waals surface area contributed by atoms with E-state index in [1.165, 1.54) is 13.0 Å². The number of aromatic nitrogens is 1. The number of aryl methyl sites for hydroxylation is 1. The molecule has 2 aromatic rings. The van der Waals surface area contributed by atoms with Crippen LogP contribution in [0.5, 0.6) is 0 Å². The first-order valence-electron chi connectivity index (χ1n) is 6.55. The Morgan fingerprint density at radius 3 is 2.27 bits per heavy atom. The van der Waals surface area contributed by atoms with Gasteiger partial charge >= 0.3 is 11.9 Å². The highest BCUT2D eigenvalue weighted by atomic mass is 35.5. The second-order valence-corrected chi connectivity index (χ2v) is 5.68. The lowest BCUT2D eigenvalue weighted by Gasteiger charge is -2.16. The first-order chi connectivity index (χ1) is 11.9. The fourth-order valence-electron chi connectivity index (χ4n) is 2.02. The third kappa shape index (κ3) is 3.63. The van der Waals surface area contributed by atoms with Crippen molar-refractivity contribution < 1.29 is 23.1 Å². The summed E-state index contributed by atoms with van der Waals surface area (Å²) in [6.45, 7) is 1.44. The summed E-state index contributed by atoms with van der Waals surface area (Å²) < 4.78 is 38.1. The van der Waals surface area contributed by atoms with Crippen molar-refractivity contribution in [2.45, 2.75) is 13.1 Å². The predicted molar refractivity (Wildman–Crippen MR) is 86.2 cm³/mol. The number of hydrazine groups is 1. The molecule has 8 nitrogen and oxygen atoms in total. The van der Waals surface area contributed by atoms with Crippen molar-refractivity contribution in [3.63, 3.8) is 0 Å². The average molecular weight is 411 g/mol. The molecule has 0 unspecified atom stereocenters. The van der Waals surface area contributed by atoms with Gasteiger partial charge in [0.25, 0.3) is 0 Å². The predicted octanol–water partition coefficient (Wildman–Crippen LogP) is 4.95. The molecule has 0 amide bonds. The number of hydrogen-bond donors (Lipinski definition) is 0. The molecule has 0 bridgehead atoms. The van der Waals surface area contributed by atoms with Gasteiger partial charge in [0.05, 0.1) is 15.5 Å². The lowest BCUT2D eigenvalue weighted by molar-refractivity contribution is -0.485. The summed E-state index contributed by atoms with van der Waals surface area (Å²) in [6, 6.07) is 2.74. The van der Waals surface area contributed by atoms with Crippen LogP contribution in [0.1, 0.15) is 11.1 Å². The first-order valence-corrected chi connectivity index (χ1v) is 7.31. The molecule has 1 heterocycles. The van der Waals surface area contributed by atoms with Crippen LogP contribution in [0.15, 0.2) is 24.4 Å². The van der Waals surface area contributed by atoms with Gasteiger partial charge in [0.1, 0.15) is 5.02 Å². The zero-order valence-electron chi connectivity index (χ0n) is 12.6. The van der Waals surface area contributed by atoms with Crippen LogP contribution in [-0.2, 0) is 6.18 Å². The summed E-state index contributed by atoms with van der Waals surface area (Å²) in [5.74, 6) is -0.729. The van der Waals surface area contributed by atoms with Gasteiger partial charge in [-0.25, -0.2) is 15.1 Å². The molecule has 0 aliphatic carbocycles. The summed E-state index contributed by atoms with van der Waals surface area (Å²) in [5, 5.41) is 20.7. The monoisotopic (exact) mass is 410 g/mol. The van der Waals surface area contributed by atoms with Crippen molar-refractivity contribution >= 4 is 40.4 Å². The summed E-state index contributed by atoms with van der Waals surface area (Å²) in [6.07, 6.45) is -4.44. The van der Waals surface area contributed by atoms with Crippen LogP contribution in [0.2, 0.25) is 10.0 Å². The van der Waals surface area contributed by atoms with E-state index in [1.807, 2.05) is 0 Å². The Morgan fingerprint density at radius 1 is 1.19 bits per heavy atom. The van der Waals surface area contributed by atoms with Gasteiger partial charge in [-0.05, 0) is 29.6 Å². The molecule has 0 N–H and O–H groups in total. The fraction of sp³-hybridized carbons (Fsp3) is 0.154. The number of nitro groups is 2. The van der Waals surface area contributed by atoms with Crippen LogP contribution >= 0.6 is 23.2 Å². The van der Waals surface area contributed by atoms with Crippen molar-refractivity contribution in [3.05, 3.63) is 65.8 Å². The number of anilines is 2. The van der Waals surface area contributed by atoms with Crippen LogP contribution in [0.4, 0.5) is 30.4 Å². The van der Waals surface area contributed by atoms with Crippen LogP contribution in [0.3, 0.4) is 0 Å². The number of halogens is 5. The molecule has 0 saturated carbocycles. The van der Waals surface area contributed by atoms with Gasteiger partial charge in [0, 0.05) is 6.20 Å². The fourth-order valence-corrected chi connectivity index (χ4v) is 2.50. The zero-order valence-corrected chi connectivity index (χ0v) is 14.1. The van der Waals surface area contributed by atoms with Crippen LogP contribution < -0.4 is 5.01 Å². The highest BCUT2D eigenvalue weighted by Gasteiger charge is 2.37. The molecule has 1 aromatic carbocycles. The number of alkyl halides is 3. The van der Waals surface area contributed by atoms with E-state index in [0.29, 0.717) is 12.3 Å². The maximum absolute atomic E-state index is 12.7. The largest absolute Gasteiger partial charge is 0.417 e. The van der Waals surface area contributed by atoms with Gasteiger partial charge < -0.3 is 0 Å². The van der Waals surface area contributed by atoms with Crippen molar-refractivity contribution in [2.75, 3.05) is 5.01 Å². The minimum atomic E-state index is -4.77. The molecule has 138 valence electrons. The van der Waals surface area contributed by atoms with E-state index in [1.54, 1.807) is 0 Å². The number of benzene rings is 1. The maximum Gasteiger partial charge on any atom is 0.417 e. The summed E-state index contributed by atoms with van der Waals surface area (Å²) in [4.78, 5) is 25.2. The van der Waals surface area contributed by atoms with Gasteiger partial charge in [0.2, 0.25) is 5.82 Å². The Kier molecular flexibility index (Phi) is 5.23. The van der Waals surface area contributed by atoms with Gasteiger partial charge in [-0.1, -0.05) is 29.3 Å². The van der Waals surface area contributed by atoms with Crippen molar-refractivity contribution in [2.24, 2.45) is 0 Å². The molecule has 1 aromatic heterocycles. The summed E-state index contributed by atoms with van der Waals surface area (Å²) >= 11 is 11.6. The van der Waals surface area contributed by atoms with Crippen LogP contribution in [0.25, 0.3) is 0 Å². The van der Waals surface area contributed by atoms with E-state index >= 15 is 0 Å². The Morgan fingerprint density at radius 2 is 1.81 bits per heavy atom. The van der Waals surface area contributed by atoms with Gasteiger partial charge in [-0.15, -0.1) is 0 Å². The number of hydrogen-bond acceptors (Lipinski definition) is 5. The Labute approximate surface area is 153 Å². The number of nitrogens with zero attached hydrogens (tertiary/aromatic N) is 4. The molecule has 0 radical (unpaired) electrons. The summed E-state index contributed by atoms with van der Waals surface area (Å²) in [7, 11) is 0. The Balaban J connectivity index is 2.72.